The van der Waals surface area contributed by atoms with E-state index in [1.807, 2.05) is 54.2 Å². The van der Waals surface area contributed by atoms with Crippen LogP contribution in [0.15, 0.2) is 54.7 Å². The second-order valence-corrected chi connectivity index (χ2v) is 3.42. The lowest BCUT2D eigenvalue weighted by molar-refractivity contribution is -0.677. The zero-order chi connectivity index (χ0) is 10.5. The van der Waals surface area contributed by atoms with Crippen LogP contribution in [-0.4, -0.2) is 0 Å². The first kappa shape index (κ1) is 9.71. The molecule has 0 saturated heterocycles. The third-order valence-corrected chi connectivity index (χ3v) is 2.24. The number of benzene rings is 1. The maximum atomic E-state index is 5.69. The van der Waals surface area contributed by atoms with Gasteiger partial charge >= 0.3 is 5.88 Å². The molecule has 2 aromatic rings. The minimum Gasteiger partial charge on any atom is -0.440 e. The Bertz CT molecular complexity index is 426. The van der Waals surface area contributed by atoms with E-state index >= 15 is 0 Å². The van der Waals surface area contributed by atoms with Gasteiger partial charge in [0.2, 0.25) is 0 Å². The molecule has 0 aliphatic heterocycles. The summed E-state index contributed by atoms with van der Waals surface area (Å²) in [4.78, 5) is 0. The Balaban J connectivity index is 2.03. The molecule has 0 fully saturated rings. The summed E-state index contributed by atoms with van der Waals surface area (Å²) in [6.45, 7) is 0.610. The fraction of sp³-hybridized carbons (Fsp3) is 0.154. The Kier molecular flexibility index (Phi) is 2.98. The first-order valence-electron chi connectivity index (χ1n) is 4.97. The fourth-order valence-electron chi connectivity index (χ4n) is 1.39. The van der Waals surface area contributed by atoms with Crippen LogP contribution in [0, 0.1) is 0 Å². The van der Waals surface area contributed by atoms with Gasteiger partial charge in [-0.25, -0.2) is 0 Å². The molecule has 0 aliphatic carbocycles. The van der Waals surface area contributed by atoms with Crippen LogP contribution >= 0.6 is 0 Å². The summed E-state index contributed by atoms with van der Waals surface area (Å²) < 4.78 is 7.65. The molecule has 2 rings (SSSR count). The van der Waals surface area contributed by atoms with Crippen molar-refractivity contribution in [3.05, 3.63) is 60.3 Å². The van der Waals surface area contributed by atoms with Crippen molar-refractivity contribution in [3.63, 3.8) is 0 Å². The molecule has 0 radical (unpaired) electrons. The van der Waals surface area contributed by atoms with Gasteiger partial charge in [0.1, 0.15) is 13.7 Å². The molecule has 0 bridgehead atoms. The van der Waals surface area contributed by atoms with E-state index in [2.05, 4.69) is 12.1 Å². The Morgan fingerprint density at radius 1 is 1.00 bits per heavy atom. The molecule has 2 heteroatoms. The van der Waals surface area contributed by atoms with E-state index in [1.165, 1.54) is 5.56 Å². The SMILES string of the molecule is C[n+]1ccccc1OCc1ccccc1. The standard InChI is InChI=1S/C13H14NO/c1-14-10-6-5-9-13(14)15-11-12-7-3-2-4-8-12/h2-10H,11H2,1H3/q+1. The lowest BCUT2D eigenvalue weighted by Gasteiger charge is -2.03. The molecular formula is C13H14NO+. The Morgan fingerprint density at radius 3 is 2.47 bits per heavy atom. The number of aryl methyl sites for hydroxylation is 1. The van der Waals surface area contributed by atoms with Crippen molar-refractivity contribution in [2.75, 3.05) is 0 Å². The number of aromatic nitrogens is 1. The minimum absolute atomic E-state index is 0.610. The number of pyridine rings is 1. The minimum atomic E-state index is 0.610. The van der Waals surface area contributed by atoms with Crippen molar-refractivity contribution in [3.8, 4) is 5.88 Å². The number of hydrogen-bond acceptors (Lipinski definition) is 1. The number of ether oxygens (including phenoxy) is 1. The van der Waals surface area contributed by atoms with Crippen LogP contribution in [0.1, 0.15) is 5.56 Å². The molecule has 1 heterocycles. The average molecular weight is 200 g/mol. The van der Waals surface area contributed by atoms with Crippen LogP contribution < -0.4 is 9.30 Å². The summed E-state index contributed by atoms with van der Waals surface area (Å²) in [6, 6.07) is 16.1. The molecule has 76 valence electrons. The summed E-state index contributed by atoms with van der Waals surface area (Å²) >= 11 is 0. The van der Waals surface area contributed by atoms with E-state index in [1.54, 1.807) is 0 Å². The first-order valence-corrected chi connectivity index (χ1v) is 4.97. The molecule has 0 N–H and O–H groups in total. The van der Waals surface area contributed by atoms with Crippen molar-refractivity contribution >= 4 is 0 Å². The Hall–Kier alpha value is -1.83. The van der Waals surface area contributed by atoms with Gasteiger partial charge in [0.25, 0.3) is 0 Å². The smallest absolute Gasteiger partial charge is 0.367 e. The molecular weight excluding hydrogens is 186 g/mol. The van der Waals surface area contributed by atoms with Crippen molar-refractivity contribution in [2.24, 2.45) is 7.05 Å². The van der Waals surface area contributed by atoms with Crippen LogP contribution in [-0.2, 0) is 13.7 Å². The normalized spacial score (nSPS) is 9.93. The van der Waals surface area contributed by atoms with E-state index in [0.717, 1.165) is 5.88 Å². The zero-order valence-corrected chi connectivity index (χ0v) is 8.76. The van der Waals surface area contributed by atoms with Gasteiger partial charge < -0.3 is 4.74 Å². The van der Waals surface area contributed by atoms with Crippen molar-refractivity contribution < 1.29 is 9.30 Å². The summed E-state index contributed by atoms with van der Waals surface area (Å²) in [6.07, 6.45) is 1.97. The van der Waals surface area contributed by atoms with Gasteiger partial charge in [0.05, 0.1) is 6.07 Å². The third-order valence-electron chi connectivity index (χ3n) is 2.24. The van der Waals surface area contributed by atoms with E-state index in [-0.39, 0.29) is 0 Å². The largest absolute Gasteiger partial charge is 0.440 e. The fourth-order valence-corrected chi connectivity index (χ4v) is 1.39. The molecule has 1 aromatic carbocycles. The van der Waals surface area contributed by atoms with Gasteiger partial charge in [-0.15, -0.1) is 0 Å². The molecule has 2 nitrogen and oxygen atoms in total. The second-order valence-electron chi connectivity index (χ2n) is 3.42. The topological polar surface area (TPSA) is 13.1 Å². The third kappa shape index (κ3) is 2.56. The van der Waals surface area contributed by atoms with Gasteiger partial charge in [-0.3, -0.25) is 0 Å². The average Bonchev–Trinajstić information content (AvgIpc) is 2.29. The highest BCUT2D eigenvalue weighted by atomic mass is 16.5. The molecule has 1 aromatic heterocycles. The summed E-state index contributed by atoms with van der Waals surface area (Å²) in [5, 5.41) is 0. The molecule has 0 unspecified atom stereocenters. The number of nitrogens with zero attached hydrogens (tertiary/aromatic N) is 1. The summed E-state index contributed by atoms with van der Waals surface area (Å²) in [7, 11) is 1.97. The molecule has 0 spiro atoms. The molecule has 0 amide bonds. The highest BCUT2D eigenvalue weighted by Crippen LogP contribution is 2.05. The highest BCUT2D eigenvalue weighted by Gasteiger charge is 2.04. The van der Waals surface area contributed by atoms with Gasteiger partial charge in [0.15, 0.2) is 6.20 Å². The Morgan fingerprint density at radius 2 is 1.73 bits per heavy atom. The molecule has 0 saturated carbocycles. The predicted octanol–water partition coefficient (Wildman–Crippen LogP) is 2.09. The van der Waals surface area contributed by atoms with E-state index in [9.17, 15) is 0 Å². The molecule has 0 atom stereocenters. The van der Waals surface area contributed by atoms with E-state index < -0.39 is 0 Å². The predicted molar refractivity (Wildman–Crippen MR) is 58.4 cm³/mol. The maximum absolute atomic E-state index is 5.69. The summed E-state index contributed by atoms with van der Waals surface area (Å²) in [5.74, 6) is 0.876. The zero-order valence-electron chi connectivity index (χ0n) is 8.76. The quantitative estimate of drug-likeness (QED) is 0.691. The second kappa shape index (κ2) is 4.60. The maximum Gasteiger partial charge on any atom is 0.367 e. The van der Waals surface area contributed by atoms with Crippen LogP contribution in [0.3, 0.4) is 0 Å². The summed E-state index contributed by atoms with van der Waals surface area (Å²) in [5.41, 5.74) is 1.18. The van der Waals surface area contributed by atoms with Crippen LogP contribution in [0.2, 0.25) is 0 Å². The Labute approximate surface area is 89.8 Å². The van der Waals surface area contributed by atoms with Gasteiger partial charge in [-0.05, 0) is 11.6 Å². The first-order chi connectivity index (χ1) is 7.36. The van der Waals surface area contributed by atoms with Crippen molar-refractivity contribution in [1.82, 2.24) is 0 Å². The number of rotatable bonds is 3. The highest BCUT2D eigenvalue weighted by molar-refractivity contribution is 5.14. The molecule has 15 heavy (non-hydrogen) atoms. The van der Waals surface area contributed by atoms with Crippen LogP contribution in [0.5, 0.6) is 5.88 Å². The van der Waals surface area contributed by atoms with E-state index in [0.29, 0.717) is 6.61 Å². The van der Waals surface area contributed by atoms with Gasteiger partial charge in [0, 0.05) is 6.07 Å². The lowest BCUT2D eigenvalue weighted by atomic mass is 10.2. The van der Waals surface area contributed by atoms with Crippen LogP contribution in [0.25, 0.3) is 0 Å². The number of hydrogen-bond donors (Lipinski definition) is 0. The van der Waals surface area contributed by atoms with Crippen molar-refractivity contribution in [1.29, 1.82) is 0 Å². The van der Waals surface area contributed by atoms with Crippen molar-refractivity contribution in [2.45, 2.75) is 6.61 Å². The lowest BCUT2D eigenvalue weighted by Crippen LogP contribution is -2.29. The molecule has 0 aliphatic rings. The van der Waals surface area contributed by atoms with E-state index in [4.69, 9.17) is 4.74 Å². The van der Waals surface area contributed by atoms with Gasteiger partial charge in [-0.1, -0.05) is 30.3 Å². The van der Waals surface area contributed by atoms with Gasteiger partial charge in [-0.2, -0.15) is 4.57 Å². The van der Waals surface area contributed by atoms with Crippen LogP contribution in [0.4, 0.5) is 0 Å². The monoisotopic (exact) mass is 200 g/mol.